The van der Waals surface area contributed by atoms with Crippen LogP contribution in [0.4, 0.5) is 0 Å². The van der Waals surface area contributed by atoms with Gasteiger partial charge in [0.2, 0.25) is 0 Å². The quantitative estimate of drug-likeness (QED) is 0.732. The summed E-state index contributed by atoms with van der Waals surface area (Å²) in [5, 5.41) is 6.48. The number of carbonyl (C=O) groups is 1. The minimum atomic E-state index is -0.00474. The van der Waals surface area contributed by atoms with E-state index in [9.17, 15) is 4.79 Å². The van der Waals surface area contributed by atoms with Crippen molar-refractivity contribution in [3.05, 3.63) is 35.6 Å². The van der Waals surface area contributed by atoms with Gasteiger partial charge >= 0.3 is 0 Å². The minimum Gasteiger partial charge on any atom is -0.374 e. The maximum absolute atomic E-state index is 12.5. The second-order valence-electron chi connectivity index (χ2n) is 6.83. The molecule has 1 aliphatic heterocycles. The molecule has 0 aromatic carbocycles. The van der Waals surface area contributed by atoms with Gasteiger partial charge < -0.3 is 16.4 Å². The summed E-state index contributed by atoms with van der Waals surface area (Å²) in [5.41, 5.74) is 8.20. The highest BCUT2D eigenvalue weighted by Gasteiger charge is 2.30. The first-order valence-corrected chi connectivity index (χ1v) is 8.55. The molecular formula is C18H27N3O. The summed E-state index contributed by atoms with van der Waals surface area (Å²) in [6.45, 7) is 2.09. The van der Waals surface area contributed by atoms with Crippen LogP contribution >= 0.6 is 0 Å². The molecule has 120 valence electrons. The molecule has 0 spiro atoms. The molecule has 4 heteroatoms. The molecule has 2 unspecified atom stereocenters. The fourth-order valence-corrected chi connectivity index (χ4v) is 3.64. The Hall–Kier alpha value is -1.55. The summed E-state index contributed by atoms with van der Waals surface area (Å²) in [5.74, 6) is 0.284. The Bertz CT molecular complexity index is 520. The highest BCUT2D eigenvalue weighted by atomic mass is 16.2. The number of nitrogens with one attached hydrogen (secondary N) is 2. The van der Waals surface area contributed by atoms with Gasteiger partial charge in [-0.25, -0.2) is 0 Å². The van der Waals surface area contributed by atoms with Crippen molar-refractivity contribution in [3.8, 4) is 0 Å². The van der Waals surface area contributed by atoms with Crippen LogP contribution in [0.1, 0.15) is 45.4 Å². The predicted molar refractivity (Wildman–Crippen MR) is 89.0 cm³/mol. The predicted octanol–water partition coefficient (Wildman–Crippen LogP) is 2.14. The maximum atomic E-state index is 12.5. The Morgan fingerprint density at radius 3 is 2.82 bits per heavy atom. The summed E-state index contributed by atoms with van der Waals surface area (Å²) >= 11 is 0. The smallest absolute Gasteiger partial charge is 0.267 e. The minimum absolute atomic E-state index is 0.00474. The Morgan fingerprint density at radius 1 is 1.23 bits per heavy atom. The fourth-order valence-electron chi connectivity index (χ4n) is 3.64. The van der Waals surface area contributed by atoms with E-state index in [1.165, 1.54) is 24.8 Å². The van der Waals surface area contributed by atoms with E-state index in [2.05, 4.69) is 35.8 Å². The molecule has 0 aromatic rings. The molecule has 0 saturated heterocycles. The van der Waals surface area contributed by atoms with Gasteiger partial charge in [-0.05, 0) is 25.8 Å². The molecular weight excluding hydrogens is 274 g/mol. The Morgan fingerprint density at radius 2 is 2.00 bits per heavy atom. The molecule has 3 aliphatic rings. The SMILES string of the molecule is CC1=CC2C=C(C(=O)N[C@@H]3CCCCCC[C@@H]3N)NC2C=C1. The van der Waals surface area contributed by atoms with Crippen molar-refractivity contribution < 1.29 is 4.79 Å². The van der Waals surface area contributed by atoms with Crippen LogP contribution in [0.2, 0.25) is 0 Å². The summed E-state index contributed by atoms with van der Waals surface area (Å²) in [6, 6.07) is 0.400. The van der Waals surface area contributed by atoms with Gasteiger partial charge in [0.05, 0.1) is 11.7 Å². The standard InChI is InChI=1S/C18H27N3O/c1-12-8-9-15-13(10-12)11-17(20-15)18(22)21-16-7-5-3-2-4-6-14(16)19/h8-11,13-16,20H,2-7,19H2,1H3,(H,21,22)/t13?,14-,15?,16+/m0/s1. The van der Waals surface area contributed by atoms with Crippen molar-refractivity contribution in [2.75, 3.05) is 0 Å². The van der Waals surface area contributed by atoms with E-state index in [4.69, 9.17) is 5.73 Å². The third-order valence-electron chi connectivity index (χ3n) is 5.00. The van der Waals surface area contributed by atoms with Crippen molar-refractivity contribution >= 4 is 5.91 Å². The summed E-state index contributed by atoms with van der Waals surface area (Å²) in [4.78, 5) is 12.5. The second kappa shape index (κ2) is 6.69. The number of nitrogens with two attached hydrogens (primary N) is 1. The number of carbonyl (C=O) groups excluding carboxylic acids is 1. The topological polar surface area (TPSA) is 67.2 Å². The third-order valence-corrected chi connectivity index (χ3v) is 5.00. The van der Waals surface area contributed by atoms with Gasteiger partial charge in [-0.3, -0.25) is 4.79 Å². The van der Waals surface area contributed by atoms with Crippen LogP contribution in [0.5, 0.6) is 0 Å². The molecule has 0 aromatic heterocycles. The lowest BCUT2D eigenvalue weighted by molar-refractivity contribution is -0.118. The zero-order valence-corrected chi connectivity index (χ0v) is 13.3. The van der Waals surface area contributed by atoms with Crippen LogP contribution < -0.4 is 16.4 Å². The lowest BCUT2D eigenvalue weighted by atomic mass is 9.92. The molecule has 2 aliphatic carbocycles. The van der Waals surface area contributed by atoms with Crippen molar-refractivity contribution in [2.24, 2.45) is 11.7 Å². The Kier molecular flexibility index (Phi) is 4.67. The van der Waals surface area contributed by atoms with Gasteiger partial charge in [0.15, 0.2) is 0 Å². The van der Waals surface area contributed by atoms with Crippen LogP contribution in [0.3, 0.4) is 0 Å². The lowest BCUT2D eigenvalue weighted by Gasteiger charge is -2.27. The number of allylic oxidation sites excluding steroid dienone is 2. The van der Waals surface area contributed by atoms with E-state index >= 15 is 0 Å². The lowest BCUT2D eigenvalue weighted by Crippen LogP contribution is -2.49. The zero-order chi connectivity index (χ0) is 15.5. The molecule has 22 heavy (non-hydrogen) atoms. The van der Waals surface area contributed by atoms with Crippen LogP contribution in [0.15, 0.2) is 35.6 Å². The molecule has 1 saturated carbocycles. The third kappa shape index (κ3) is 3.43. The molecule has 1 amide bonds. The Labute approximate surface area is 132 Å². The largest absolute Gasteiger partial charge is 0.374 e. The van der Waals surface area contributed by atoms with E-state index in [1.807, 2.05) is 6.08 Å². The average Bonchev–Trinajstić information content (AvgIpc) is 2.90. The van der Waals surface area contributed by atoms with E-state index in [0.717, 1.165) is 19.3 Å². The summed E-state index contributed by atoms with van der Waals surface area (Å²) in [7, 11) is 0. The number of fused-ring (bicyclic) bond motifs is 1. The van der Waals surface area contributed by atoms with Gasteiger partial charge in [0.25, 0.3) is 5.91 Å². The van der Waals surface area contributed by atoms with Crippen molar-refractivity contribution in [1.82, 2.24) is 10.6 Å². The maximum Gasteiger partial charge on any atom is 0.267 e. The normalized spacial score (nSPS) is 34.6. The summed E-state index contributed by atoms with van der Waals surface area (Å²) < 4.78 is 0. The molecule has 4 atom stereocenters. The molecule has 1 heterocycles. The van der Waals surface area contributed by atoms with Gasteiger partial charge in [-0.2, -0.15) is 0 Å². The van der Waals surface area contributed by atoms with Crippen LogP contribution in [-0.4, -0.2) is 24.0 Å². The number of rotatable bonds is 2. The van der Waals surface area contributed by atoms with E-state index in [1.54, 1.807) is 0 Å². The first kappa shape index (κ1) is 15.3. The van der Waals surface area contributed by atoms with Crippen molar-refractivity contribution in [2.45, 2.75) is 63.6 Å². The number of hydrogen-bond donors (Lipinski definition) is 3. The summed E-state index contributed by atoms with van der Waals surface area (Å²) in [6.07, 6.45) is 15.3. The molecule has 1 fully saturated rings. The highest BCUT2D eigenvalue weighted by Crippen LogP contribution is 2.25. The van der Waals surface area contributed by atoms with Crippen molar-refractivity contribution in [1.29, 1.82) is 0 Å². The van der Waals surface area contributed by atoms with E-state index in [0.29, 0.717) is 5.70 Å². The van der Waals surface area contributed by atoms with Crippen LogP contribution in [0.25, 0.3) is 0 Å². The van der Waals surface area contributed by atoms with Crippen LogP contribution in [-0.2, 0) is 4.79 Å². The van der Waals surface area contributed by atoms with Crippen LogP contribution in [0, 0.1) is 5.92 Å². The van der Waals surface area contributed by atoms with Gasteiger partial charge in [-0.1, -0.05) is 49.5 Å². The molecule has 4 nitrogen and oxygen atoms in total. The van der Waals surface area contributed by atoms with Gasteiger partial charge in [0.1, 0.15) is 0 Å². The monoisotopic (exact) mass is 301 g/mol. The second-order valence-corrected chi connectivity index (χ2v) is 6.83. The molecule has 0 radical (unpaired) electrons. The van der Waals surface area contributed by atoms with E-state index in [-0.39, 0.29) is 30.0 Å². The van der Waals surface area contributed by atoms with Gasteiger partial charge in [0, 0.05) is 18.0 Å². The zero-order valence-electron chi connectivity index (χ0n) is 13.3. The fraction of sp³-hybridized carbons (Fsp3) is 0.611. The Balaban J connectivity index is 1.62. The first-order valence-electron chi connectivity index (χ1n) is 8.55. The molecule has 4 N–H and O–H groups in total. The first-order chi connectivity index (χ1) is 10.6. The van der Waals surface area contributed by atoms with E-state index < -0.39 is 0 Å². The number of amides is 1. The van der Waals surface area contributed by atoms with Gasteiger partial charge in [-0.15, -0.1) is 0 Å². The number of hydrogen-bond acceptors (Lipinski definition) is 3. The highest BCUT2D eigenvalue weighted by molar-refractivity contribution is 5.93. The van der Waals surface area contributed by atoms with Crippen molar-refractivity contribution in [3.63, 3.8) is 0 Å². The molecule has 0 bridgehead atoms. The average molecular weight is 301 g/mol. The molecule has 3 rings (SSSR count).